The first-order chi connectivity index (χ1) is 9.75. The predicted octanol–water partition coefficient (Wildman–Crippen LogP) is 2.66. The van der Waals surface area contributed by atoms with Crippen LogP contribution >= 0.6 is 0 Å². The van der Waals surface area contributed by atoms with Crippen LogP contribution in [-0.2, 0) is 0 Å². The van der Waals surface area contributed by atoms with E-state index in [-0.39, 0.29) is 12.4 Å². The summed E-state index contributed by atoms with van der Waals surface area (Å²) in [5.74, 6) is -0.219. The lowest BCUT2D eigenvalue weighted by molar-refractivity contribution is 0.104. The molecule has 0 heterocycles. The highest BCUT2D eigenvalue weighted by Crippen LogP contribution is 2.19. The Morgan fingerprint density at radius 1 is 1.35 bits per heavy atom. The molecule has 0 spiro atoms. The Labute approximate surface area is 119 Å². The number of halogens is 1. The number of nitrogens with one attached hydrogen (secondary N) is 1. The molecule has 1 unspecified atom stereocenters. The van der Waals surface area contributed by atoms with Crippen molar-refractivity contribution in [3.05, 3.63) is 41.7 Å². The van der Waals surface area contributed by atoms with Gasteiger partial charge in [0.1, 0.15) is 12.7 Å². The van der Waals surface area contributed by atoms with E-state index in [0.29, 0.717) is 6.54 Å². The monoisotopic (exact) mass is 279 g/mol. The van der Waals surface area contributed by atoms with Crippen molar-refractivity contribution in [3.63, 3.8) is 0 Å². The van der Waals surface area contributed by atoms with Crippen LogP contribution in [0.4, 0.5) is 4.39 Å². The molecule has 20 heavy (non-hydrogen) atoms. The van der Waals surface area contributed by atoms with Crippen molar-refractivity contribution in [2.45, 2.75) is 31.8 Å². The van der Waals surface area contributed by atoms with Gasteiger partial charge in [-0.1, -0.05) is 23.8 Å². The fourth-order valence-corrected chi connectivity index (χ4v) is 2.29. The Balaban J connectivity index is 1.58. The van der Waals surface area contributed by atoms with Gasteiger partial charge >= 0.3 is 0 Å². The molecule has 0 amide bonds. The summed E-state index contributed by atoms with van der Waals surface area (Å²) in [6, 6.07) is 6.22. The Morgan fingerprint density at radius 3 is 2.95 bits per heavy atom. The molecule has 1 aromatic carbocycles. The Bertz CT molecular complexity index is 448. The maximum absolute atomic E-state index is 13.3. The first kappa shape index (κ1) is 15.0. The Morgan fingerprint density at radius 2 is 2.20 bits per heavy atom. The molecule has 1 aliphatic rings. The Hall–Kier alpha value is -1.39. The minimum atomic E-state index is -0.632. The maximum atomic E-state index is 13.3. The van der Waals surface area contributed by atoms with Crippen LogP contribution in [0.15, 0.2) is 35.9 Å². The summed E-state index contributed by atoms with van der Waals surface area (Å²) in [4.78, 5) is 0. The molecule has 0 fully saturated rings. The zero-order chi connectivity index (χ0) is 14.2. The van der Waals surface area contributed by atoms with Crippen molar-refractivity contribution in [3.8, 4) is 5.75 Å². The molecule has 4 heteroatoms. The molecule has 0 saturated heterocycles. The van der Waals surface area contributed by atoms with Crippen LogP contribution in [0, 0.1) is 5.82 Å². The fourth-order valence-electron chi connectivity index (χ4n) is 2.29. The molecule has 1 aromatic rings. The van der Waals surface area contributed by atoms with Gasteiger partial charge < -0.3 is 15.2 Å². The number of aliphatic hydroxyl groups is 1. The largest absolute Gasteiger partial charge is 0.488 e. The van der Waals surface area contributed by atoms with Gasteiger partial charge in [0.2, 0.25) is 0 Å². The molecule has 0 bridgehead atoms. The fraction of sp³-hybridized carbons (Fsp3) is 0.500. The molecule has 3 nitrogen and oxygen atoms in total. The van der Waals surface area contributed by atoms with E-state index in [1.165, 1.54) is 30.9 Å². The average molecular weight is 279 g/mol. The van der Waals surface area contributed by atoms with E-state index in [1.807, 2.05) is 0 Å². The molecular weight excluding hydrogens is 257 g/mol. The van der Waals surface area contributed by atoms with Crippen LogP contribution in [0.5, 0.6) is 5.75 Å². The molecule has 1 aliphatic carbocycles. The quantitative estimate of drug-likeness (QED) is 0.568. The summed E-state index contributed by atoms with van der Waals surface area (Å²) < 4.78 is 18.5. The zero-order valence-corrected chi connectivity index (χ0v) is 11.6. The molecule has 1 atom stereocenters. The number of aliphatic hydroxyl groups excluding tert-OH is 1. The summed E-state index contributed by atoms with van der Waals surface area (Å²) in [7, 11) is 0. The standard InChI is InChI=1S/C16H22FNO2/c17-15-7-3-4-8-16(15)20-12-14(19)11-18-10-9-13-5-1-2-6-13/h3-5,7-8,14,18-19H,1-2,6,9-12H2. The summed E-state index contributed by atoms with van der Waals surface area (Å²) in [6.45, 7) is 1.42. The number of hydrogen-bond acceptors (Lipinski definition) is 3. The van der Waals surface area contributed by atoms with Gasteiger partial charge in [-0.2, -0.15) is 0 Å². The Kier molecular flexibility index (Phi) is 6.02. The van der Waals surface area contributed by atoms with Crippen LogP contribution in [0.25, 0.3) is 0 Å². The van der Waals surface area contributed by atoms with Gasteiger partial charge in [-0.25, -0.2) is 4.39 Å². The van der Waals surface area contributed by atoms with Crippen LogP contribution in [0.1, 0.15) is 25.7 Å². The molecular formula is C16H22FNO2. The molecule has 0 aromatic heterocycles. The topological polar surface area (TPSA) is 41.5 Å². The lowest BCUT2D eigenvalue weighted by Gasteiger charge is -2.13. The average Bonchev–Trinajstić information content (AvgIpc) is 2.96. The highest BCUT2D eigenvalue weighted by Gasteiger charge is 2.08. The van der Waals surface area contributed by atoms with Crippen molar-refractivity contribution in [2.75, 3.05) is 19.7 Å². The smallest absolute Gasteiger partial charge is 0.165 e. The van der Waals surface area contributed by atoms with Crippen LogP contribution in [0.2, 0.25) is 0 Å². The first-order valence-electron chi connectivity index (χ1n) is 7.19. The number of para-hydroxylation sites is 1. The van der Waals surface area contributed by atoms with Gasteiger partial charge in [0.25, 0.3) is 0 Å². The van der Waals surface area contributed by atoms with Crippen molar-refractivity contribution in [2.24, 2.45) is 0 Å². The minimum absolute atomic E-state index is 0.0939. The molecule has 0 aliphatic heterocycles. The van der Waals surface area contributed by atoms with E-state index >= 15 is 0 Å². The van der Waals surface area contributed by atoms with Crippen LogP contribution in [-0.4, -0.2) is 30.9 Å². The van der Waals surface area contributed by atoms with Crippen molar-refractivity contribution in [1.29, 1.82) is 0 Å². The highest BCUT2D eigenvalue weighted by molar-refractivity contribution is 5.23. The van der Waals surface area contributed by atoms with Crippen LogP contribution < -0.4 is 10.1 Å². The number of ether oxygens (including phenoxy) is 1. The van der Waals surface area contributed by atoms with Gasteiger partial charge in [0.05, 0.1) is 0 Å². The predicted molar refractivity (Wildman–Crippen MR) is 77.3 cm³/mol. The lowest BCUT2D eigenvalue weighted by atomic mass is 10.2. The van der Waals surface area contributed by atoms with Gasteiger partial charge in [0, 0.05) is 6.54 Å². The third-order valence-electron chi connectivity index (χ3n) is 3.41. The number of hydrogen-bond donors (Lipinski definition) is 2. The third kappa shape index (κ3) is 4.94. The molecule has 2 N–H and O–H groups in total. The van der Waals surface area contributed by atoms with Gasteiger partial charge in [-0.15, -0.1) is 0 Å². The lowest BCUT2D eigenvalue weighted by Crippen LogP contribution is -2.32. The number of allylic oxidation sites excluding steroid dienone is 1. The SMILES string of the molecule is OC(CNCCC1=CCCC1)COc1ccccc1F. The second-order valence-electron chi connectivity index (χ2n) is 5.10. The van der Waals surface area contributed by atoms with E-state index in [9.17, 15) is 9.50 Å². The third-order valence-corrected chi connectivity index (χ3v) is 3.41. The maximum Gasteiger partial charge on any atom is 0.165 e. The van der Waals surface area contributed by atoms with E-state index in [2.05, 4.69) is 11.4 Å². The van der Waals surface area contributed by atoms with Crippen LogP contribution in [0.3, 0.4) is 0 Å². The summed E-state index contributed by atoms with van der Waals surface area (Å²) in [5, 5.41) is 13.0. The highest BCUT2D eigenvalue weighted by atomic mass is 19.1. The van der Waals surface area contributed by atoms with Crippen molar-refractivity contribution >= 4 is 0 Å². The minimum Gasteiger partial charge on any atom is -0.488 e. The molecule has 0 radical (unpaired) electrons. The molecule has 0 saturated carbocycles. The summed E-state index contributed by atoms with van der Waals surface area (Å²) in [5.41, 5.74) is 1.51. The van der Waals surface area contributed by atoms with E-state index in [1.54, 1.807) is 18.2 Å². The van der Waals surface area contributed by atoms with Gasteiger partial charge in [-0.3, -0.25) is 0 Å². The second kappa shape index (κ2) is 8.02. The number of benzene rings is 1. The second-order valence-corrected chi connectivity index (χ2v) is 5.10. The van der Waals surface area contributed by atoms with Gasteiger partial charge in [-0.05, 0) is 44.4 Å². The first-order valence-corrected chi connectivity index (χ1v) is 7.19. The van der Waals surface area contributed by atoms with E-state index < -0.39 is 11.9 Å². The zero-order valence-electron chi connectivity index (χ0n) is 11.6. The molecule has 110 valence electrons. The van der Waals surface area contributed by atoms with E-state index in [0.717, 1.165) is 13.0 Å². The summed E-state index contributed by atoms with van der Waals surface area (Å²) >= 11 is 0. The normalized spacial score (nSPS) is 16.0. The van der Waals surface area contributed by atoms with E-state index in [4.69, 9.17) is 4.74 Å². The summed E-state index contributed by atoms with van der Waals surface area (Å²) in [6.07, 6.45) is 6.40. The van der Waals surface area contributed by atoms with Crippen molar-refractivity contribution < 1.29 is 14.2 Å². The number of rotatable bonds is 8. The molecule has 2 rings (SSSR count). The van der Waals surface area contributed by atoms with Gasteiger partial charge in [0.15, 0.2) is 11.6 Å². The van der Waals surface area contributed by atoms with Crippen molar-refractivity contribution in [1.82, 2.24) is 5.32 Å².